The molecule has 0 aromatic carbocycles. The maximum atomic E-state index is 12.1. The highest BCUT2D eigenvalue weighted by molar-refractivity contribution is 6.18. The number of hydrogen-bond acceptors (Lipinski definition) is 1. The Hall–Kier alpha value is -0.240. The molecule has 3 aliphatic carbocycles. The van der Waals surface area contributed by atoms with Gasteiger partial charge in [0.25, 0.3) is 0 Å². The summed E-state index contributed by atoms with van der Waals surface area (Å²) in [6.45, 7) is 0.811. The van der Waals surface area contributed by atoms with Crippen molar-refractivity contribution in [3.05, 3.63) is 0 Å². The second-order valence-electron chi connectivity index (χ2n) is 6.34. The van der Waals surface area contributed by atoms with Gasteiger partial charge in [-0.05, 0) is 37.5 Å². The highest BCUT2D eigenvalue weighted by Crippen LogP contribution is 2.57. The van der Waals surface area contributed by atoms with Gasteiger partial charge in [-0.2, -0.15) is 0 Å². The average Bonchev–Trinajstić information content (AvgIpc) is 2.78. The number of alkyl halides is 1. The van der Waals surface area contributed by atoms with Gasteiger partial charge in [-0.3, -0.25) is 4.79 Å². The SMILES string of the molecule is O=C(NCC1(CCl)CCCC1)C1C2CCCC21. The lowest BCUT2D eigenvalue weighted by Crippen LogP contribution is -2.38. The van der Waals surface area contributed by atoms with Crippen LogP contribution >= 0.6 is 11.6 Å². The van der Waals surface area contributed by atoms with Crippen molar-refractivity contribution in [1.82, 2.24) is 5.32 Å². The van der Waals surface area contributed by atoms with Gasteiger partial charge in [0.2, 0.25) is 5.91 Å². The van der Waals surface area contributed by atoms with E-state index in [-0.39, 0.29) is 5.41 Å². The zero-order valence-corrected chi connectivity index (χ0v) is 11.1. The lowest BCUT2D eigenvalue weighted by atomic mass is 9.88. The third kappa shape index (κ3) is 2.09. The molecular weight excluding hydrogens is 234 g/mol. The zero-order valence-electron chi connectivity index (χ0n) is 10.4. The van der Waals surface area contributed by atoms with Crippen LogP contribution in [0.5, 0.6) is 0 Å². The fraction of sp³-hybridized carbons (Fsp3) is 0.929. The van der Waals surface area contributed by atoms with Crippen LogP contribution in [0.3, 0.4) is 0 Å². The van der Waals surface area contributed by atoms with Gasteiger partial charge in [-0.15, -0.1) is 11.6 Å². The lowest BCUT2D eigenvalue weighted by Gasteiger charge is -2.26. The molecule has 0 aromatic rings. The summed E-state index contributed by atoms with van der Waals surface area (Å²) >= 11 is 6.09. The van der Waals surface area contributed by atoms with Crippen molar-refractivity contribution in [2.45, 2.75) is 44.9 Å². The first-order valence-electron chi connectivity index (χ1n) is 7.09. The molecule has 96 valence electrons. The standard InChI is InChI=1S/C14H22ClNO/c15-8-14(6-1-2-7-14)9-16-13(17)12-10-4-3-5-11(10)12/h10-12H,1-9H2,(H,16,17). The minimum atomic E-state index is 0.210. The number of nitrogens with one attached hydrogen (secondary N) is 1. The van der Waals surface area contributed by atoms with E-state index in [0.717, 1.165) is 18.4 Å². The molecule has 2 nitrogen and oxygen atoms in total. The predicted octanol–water partition coefficient (Wildman–Crippen LogP) is 2.95. The van der Waals surface area contributed by atoms with Crippen molar-refractivity contribution in [2.75, 3.05) is 12.4 Å². The van der Waals surface area contributed by atoms with Crippen LogP contribution in [0.4, 0.5) is 0 Å². The van der Waals surface area contributed by atoms with Crippen LogP contribution in [-0.4, -0.2) is 18.3 Å². The molecule has 2 atom stereocenters. The summed E-state index contributed by atoms with van der Waals surface area (Å²) in [5, 5.41) is 3.18. The van der Waals surface area contributed by atoms with E-state index in [1.165, 1.54) is 44.9 Å². The molecule has 1 amide bonds. The fourth-order valence-corrected chi connectivity index (χ4v) is 4.45. The van der Waals surface area contributed by atoms with Crippen molar-refractivity contribution in [1.29, 1.82) is 0 Å². The molecule has 0 saturated heterocycles. The maximum Gasteiger partial charge on any atom is 0.223 e. The molecule has 3 aliphatic rings. The minimum absolute atomic E-state index is 0.210. The van der Waals surface area contributed by atoms with Gasteiger partial charge in [-0.25, -0.2) is 0 Å². The summed E-state index contributed by atoms with van der Waals surface area (Å²) < 4.78 is 0. The Morgan fingerprint density at radius 3 is 2.41 bits per heavy atom. The highest BCUT2D eigenvalue weighted by Gasteiger charge is 2.56. The molecule has 0 spiro atoms. The van der Waals surface area contributed by atoms with E-state index in [9.17, 15) is 4.79 Å². The van der Waals surface area contributed by atoms with E-state index in [1.807, 2.05) is 0 Å². The van der Waals surface area contributed by atoms with Crippen molar-refractivity contribution in [3.63, 3.8) is 0 Å². The number of carbonyl (C=O) groups is 1. The monoisotopic (exact) mass is 255 g/mol. The largest absolute Gasteiger partial charge is 0.355 e. The zero-order chi connectivity index (χ0) is 11.9. The summed E-state index contributed by atoms with van der Waals surface area (Å²) in [7, 11) is 0. The van der Waals surface area contributed by atoms with Crippen LogP contribution in [0, 0.1) is 23.2 Å². The second kappa shape index (κ2) is 4.46. The summed E-state index contributed by atoms with van der Waals surface area (Å²) in [5.41, 5.74) is 0.210. The molecule has 2 unspecified atom stereocenters. The predicted molar refractivity (Wildman–Crippen MR) is 69.0 cm³/mol. The Bertz CT molecular complexity index is 301. The quantitative estimate of drug-likeness (QED) is 0.769. The number of halogens is 1. The van der Waals surface area contributed by atoms with Gasteiger partial charge in [0.15, 0.2) is 0 Å². The Kier molecular flexibility index (Phi) is 3.10. The van der Waals surface area contributed by atoms with Crippen molar-refractivity contribution in [3.8, 4) is 0 Å². The fourth-order valence-electron chi connectivity index (χ4n) is 4.09. The van der Waals surface area contributed by atoms with Gasteiger partial charge in [-0.1, -0.05) is 19.3 Å². The molecule has 0 bridgehead atoms. The van der Waals surface area contributed by atoms with Crippen LogP contribution in [0.25, 0.3) is 0 Å². The lowest BCUT2D eigenvalue weighted by molar-refractivity contribution is -0.123. The molecule has 0 aromatic heterocycles. The summed E-state index contributed by atoms with van der Waals surface area (Å²) in [6, 6.07) is 0. The van der Waals surface area contributed by atoms with Crippen molar-refractivity contribution < 1.29 is 4.79 Å². The minimum Gasteiger partial charge on any atom is -0.355 e. The van der Waals surface area contributed by atoms with Crippen molar-refractivity contribution >= 4 is 17.5 Å². The number of hydrogen-bond donors (Lipinski definition) is 1. The Labute approximate surface area is 108 Å². The first-order valence-corrected chi connectivity index (χ1v) is 7.63. The van der Waals surface area contributed by atoms with Gasteiger partial charge < -0.3 is 5.32 Å². The average molecular weight is 256 g/mol. The molecule has 3 saturated carbocycles. The van der Waals surface area contributed by atoms with Crippen LogP contribution in [0.15, 0.2) is 0 Å². The van der Waals surface area contributed by atoms with Crippen LogP contribution < -0.4 is 5.32 Å². The molecule has 1 N–H and O–H groups in total. The topological polar surface area (TPSA) is 29.1 Å². The molecule has 3 heteroatoms. The Morgan fingerprint density at radius 1 is 1.18 bits per heavy atom. The van der Waals surface area contributed by atoms with Crippen LogP contribution in [-0.2, 0) is 4.79 Å². The van der Waals surface area contributed by atoms with E-state index < -0.39 is 0 Å². The molecule has 3 fully saturated rings. The van der Waals surface area contributed by atoms with E-state index >= 15 is 0 Å². The van der Waals surface area contributed by atoms with E-state index in [2.05, 4.69) is 5.32 Å². The van der Waals surface area contributed by atoms with Gasteiger partial charge >= 0.3 is 0 Å². The van der Waals surface area contributed by atoms with Crippen LogP contribution in [0.1, 0.15) is 44.9 Å². The third-order valence-corrected chi connectivity index (χ3v) is 5.86. The molecule has 0 heterocycles. The first-order chi connectivity index (χ1) is 8.26. The summed E-state index contributed by atoms with van der Waals surface area (Å²) in [4.78, 5) is 12.1. The van der Waals surface area contributed by atoms with Crippen molar-refractivity contribution in [2.24, 2.45) is 23.2 Å². The number of amides is 1. The van der Waals surface area contributed by atoms with E-state index in [1.54, 1.807) is 0 Å². The Balaban J connectivity index is 1.49. The number of carbonyl (C=O) groups excluding carboxylic acids is 1. The van der Waals surface area contributed by atoms with Gasteiger partial charge in [0.05, 0.1) is 0 Å². The molecule has 3 rings (SSSR count). The smallest absolute Gasteiger partial charge is 0.223 e. The Morgan fingerprint density at radius 2 is 1.82 bits per heavy atom. The summed E-state index contributed by atoms with van der Waals surface area (Å²) in [6.07, 6.45) is 8.83. The van der Waals surface area contributed by atoms with Gasteiger partial charge in [0, 0.05) is 23.8 Å². The van der Waals surface area contributed by atoms with E-state index in [0.29, 0.717) is 17.7 Å². The molecule has 0 radical (unpaired) electrons. The number of rotatable bonds is 4. The van der Waals surface area contributed by atoms with Gasteiger partial charge in [0.1, 0.15) is 0 Å². The molecule has 0 aliphatic heterocycles. The maximum absolute atomic E-state index is 12.1. The first kappa shape index (κ1) is 11.8. The highest BCUT2D eigenvalue weighted by atomic mass is 35.5. The van der Waals surface area contributed by atoms with E-state index in [4.69, 9.17) is 11.6 Å². The summed E-state index contributed by atoms with van der Waals surface area (Å²) in [5.74, 6) is 2.83. The normalized spacial score (nSPS) is 37.8. The second-order valence-corrected chi connectivity index (χ2v) is 6.61. The molecule has 17 heavy (non-hydrogen) atoms. The molecular formula is C14H22ClNO. The third-order valence-electron chi connectivity index (χ3n) is 5.29. The number of fused-ring (bicyclic) bond motifs is 1. The van der Waals surface area contributed by atoms with Crippen LogP contribution in [0.2, 0.25) is 0 Å².